The summed E-state index contributed by atoms with van der Waals surface area (Å²) in [4.78, 5) is 20.3. The molecule has 25 heavy (non-hydrogen) atoms. The number of methoxy groups -OCH3 is 1. The highest BCUT2D eigenvalue weighted by molar-refractivity contribution is 6.30. The van der Waals surface area contributed by atoms with E-state index in [-0.39, 0.29) is 6.03 Å². The summed E-state index contributed by atoms with van der Waals surface area (Å²) in [5.74, 6) is 0.792. The number of pyridine rings is 1. The van der Waals surface area contributed by atoms with Crippen molar-refractivity contribution in [2.45, 2.75) is 6.54 Å². The molecule has 2 heterocycles. The first-order valence-electron chi connectivity index (χ1n) is 8.17. The Bertz CT molecular complexity index is 718. The standard InChI is InChI=1S/C18H21ClN4O2/c1-25-17-3-2-15(19)12-16(17)22-8-10-23(11-9-22)18(24)21-13-14-4-6-20-7-5-14/h2-7,12H,8-11,13H2,1H3,(H,21,24). The second kappa shape index (κ2) is 8.07. The second-order valence-corrected chi connectivity index (χ2v) is 6.24. The van der Waals surface area contributed by atoms with Crippen LogP contribution in [0.4, 0.5) is 10.5 Å². The van der Waals surface area contributed by atoms with Gasteiger partial charge in [-0.3, -0.25) is 4.98 Å². The van der Waals surface area contributed by atoms with Crippen LogP contribution < -0.4 is 15.0 Å². The maximum Gasteiger partial charge on any atom is 0.317 e. The van der Waals surface area contributed by atoms with Gasteiger partial charge in [0.2, 0.25) is 0 Å². The molecule has 6 nitrogen and oxygen atoms in total. The summed E-state index contributed by atoms with van der Waals surface area (Å²) < 4.78 is 5.42. The zero-order valence-electron chi connectivity index (χ0n) is 14.1. The van der Waals surface area contributed by atoms with Gasteiger partial charge in [0, 0.05) is 50.1 Å². The number of amides is 2. The summed E-state index contributed by atoms with van der Waals surface area (Å²) in [5, 5.41) is 3.62. The maximum atomic E-state index is 12.3. The maximum absolute atomic E-state index is 12.3. The van der Waals surface area contributed by atoms with Gasteiger partial charge in [0.05, 0.1) is 12.8 Å². The van der Waals surface area contributed by atoms with Crippen LogP contribution >= 0.6 is 11.6 Å². The Morgan fingerprint density at radius 3 is 2.60 bits per heavy atom. The molecule has 7 heteroatoms. The number of benzene rings is 1. The molecule has 2 aromatic rings. The quantitative estimate of drug-likeness (QED) is 0.910. The van der Waals surface area contributed by atoms with Crippen LogP contribution in [0.25, 0.3) is 0 Å². The van der Waals surface area contributed by atoms with Crippen LogP contribution in [-0.2, 0) is 6.54 Å². The van der Waals surface area contributed by atoms with Crippen LogP contribution in [0.15, 0.2) is 42.7 Å². The van der Waals surface area contributed by atoms with E-state index in [1.165, 1.54) is 0 Å². The van der Waals surface area contributed by atoms with E-state index >= 15 is 0 Å². The van der Waals surface area contributed by atoms with Crippen molar-refractivity contribution in [1.82, 2.24) is 15.2 Å². The highest BCUT2D eigenvalue weighted by Crippen LogP contribution is 2.31. The van der Waals surface area contributed by atoms with Crippen LogP contribution in [-0.4, -0.2) is 49.2 Å². The fourth-order valence-electron chi connectivity index (χ4n) is 2.85. The van der Waals surface area contributed by atoms with Crippen LogP contribution in [0, 0.1) is 0 Å². The Morgan fingerprint density at radius 1 is 1.20 bits per heavy atom. The van der Waals surface area contributed by atoms with Gasteiger partial charge < -0.3 is 19.9 Å². The Morgan fingerprint density at radius 2 is 1.92 bits per heavy atom. The zero-order valence-corrected chi connectivity index (χ0v) is 14.9. The number of anilines is 1. The molecular weight excluding hydrogens is 340 g/mol. The van der Waals surface area contributed by atoms with Crippen LogP contribution in [0.3, 0.4) is 0 Å². The number of carbonyl (C=O) groups is 1. The Balaban J connectivity index is 1.55. The molecule has 1 aliphatic heterocycles. The molecule has 1 saturated heterocycles. The molecule has 0 atom stereocenters. The van der Waals surface area contributed by atoms with Crippen molar-refractivity contribution in [3.8, 4) is 5.75 Å². The van der Waals surface area contributed by atoms with Gasteiger partial charge in [-0.25, -0.2) is 4.79 Å². The normalized spacial score (nSPS) is 14.3. The first kappa shape index (κ1) is 17.4. The van der Waals surface area contributed by atoms with Crippen molar-refractivity contribution in [2.24, 2.45) is 0 Å². The predicted molar refractivity (Wildman–Crippen MR) is 98.3 cm³/mol. The lowest BCUT2D eigenvalue weighted by atomic mass is 10.2. The Hall–Kier alpha value is -2.47. The summed E-state index contributed by atoms with van der Waals surface area (Å²) in [7, 11) is 1.65. The van der Waals surface area contributed by atoms with Gasteiger partial charge in [0.1, 0.15) is 5.75 Å². The molecule has 1 aromatic carbocycles. The number of hydrogen-bond donors (Lipinski definition) is 1. The topological polar surface area (TPSA) is 57.7 Å². The van der Waals surface area contributed by atoms with Crippen molar-refractivity contribution in [3.63, 3.8) is 0 Å². The van der Waals surface area contributed by atoms with E-state index in [2.05, 4.69) is 15.2 Å². The number of ether oxygens (including phenoxy) is 1. The molecule has 0 aliphatic carbocycles. The SMILES string of the molecule is COc1ccc(Cl)cc1N1CCN(C(=O)NCc2ccncc2)CC1. The van der Waals surface area contributed by atoms with Gasteiger partial charge in [-0.2, -0.15) is 0 Å². The van der Waals surface area contributed by atoms with E-state index < -0.39 is 0 Å². The molecule has 1 N–H and O–H groups in total. The fraction of sp³-hybridized carbons (Fsp3) is 0.333. The van der Waals surface area contributed by atoms with Gasteiger partial charge in [-0.15, -0.1) is 0 Å². The predicted octanol–water partition coefficient (Wildman–Crippen LogP) is 2.78. The minimum absolute atomic E-state index is 0.0467. The van der Waals surface area contributed by atoms with Crippen molar-refractivity contribution in [2.75, 3.05) is 38.2 Å². The molecule has 0 unspecified atom stereocenters. The smallest absolute Gasteiger partial charge is 0.317 e. The van der Waals surface area contributed by atoms with E-state index in [1.54, 1.807) is 19.5 Å². The Kier molecular flexibility index (Phi) is 5.60. The Labute approximate surface area is 152 Å². The lowest BCUT2D eigenvalue weighted by Gasteiger charge is -2.36. The highest BCUT2D eigenvalue weighted by Gasteiger charge is 2.23. The lowest BCUT2D eigenvalue weighted by molar-refractivity contribution is 0.194. The first-order chi connectivity index (χ1) is 12.2. The fourth-order valence-corrected chi connectivity index (χ4v) is 3.02. The lowest BCUT2D eigenvalue weighted by Crippen LogP contribution is -2.51. The number of urea groups is 1. The van der Waals surface area contributed by atoms with E-state index in [0.717, 1.165) is 30.1 Å². The average molecular weight is 361 g/mol. The third kappa shape index (κ3) is 4.33. The molecule has 0 bridgehead atoms. The number of piperazine rings is 1. The summed E-state index contributed by atoms with van der Waals surface area (Å²) in [5.41, 5.74) is 2.00. The summed E-state index contributed by atoms with van der Waals surface area (Å²) >= 11 is 6.11. The number of hydrogen-bond acceptors (Lipinski definition) is 4. The van der Waals surface area contributed by atoms with Crippen LogP contribution in [0.5, 0.6) is 5.75 Å². The van der Waals surface area contributed by atoms with Crippen LogP contribution in [0.1, 0.15) is 5.56 Å². The number of nitrogens with zero attached hydrogens (tertiary/aromatic N) is 3. The molecule has 1 aliphatic rings. The third-order valence-electron chi connectivity index (χ3n) is 4.24. The average Bonchev–Trinajstić information content (AvgIpc) is 2.67. The van der Waals surface area contributed by atoms with E-state index in [9.17, 15) is 4.79 Å². The van der Waals surface area contributed by atoms with Crippen LogP contribution in [0.2, 0.25) is 5.02 Å². The first-order valence-corrected chi connectivity index (χ1v) is 8.55. The van der Waals surface area contributed by atoms with Crippen molar-refractivity contribution >= 4 is 23.3 Å². The summed E-state index contributed by atoms with van der Waals surface area (Å²) in [6.07, 6.45) is 3.44. The van der Waals surface area contributed by atoms with Gasteiger partial charge in [-0.1, -0.05) is 11.6 Å². The molecule has 0 spiro atoms. The molecular formula is C18H21ClN4O2. The molecule has 3 rings (SSSR count). The van der Waals surface area contributed by atoms with Gasteiger partial charge in [0.15, 0.2) is 0 Å². The van der Waals surface area contributed by atoms with Gasteiger partial charge in [0.25, 0.3) is 0 Å². The molecule has 2 amide bonds. The monoisotopic (exact) mass is 360 g/mol. The second-order valence-electron chi connectivity index (χ2n) is 5.80. The minimum atomic E-state index is -0.0467. The molecule has 0 saturated carbocycles. The zero-order chi connectivity index (χ0) is 17.6. The highest BCUT2D eigenvalue weighted by atomic mass is 35.5. The molecule has 132 valence electrons. The van der Waals surface area contributed by atoms with E-state index in [0.29, 0.717) is 24.7 Å². The van der Waals surface area contributed by atoms with Crippen molar-refractivity contribution in [1.29, 1.82) is 0 Å². The molecule has 0 radical (unpaired) electrons. The summed E-state index contributed by atoms with van der Waals surface area (Å²) in [6, 6.07) is 9.32. The number of aromatic nitrogens is 1. The van der Waals surface area contributed by atoms with Gasteiger partial charge >= 0.3 is 6.03 Å². The number of rotatable bonds is 4. The largest absolute Gasteiger partial charge is 0.495 e. The number of halogens is 1. The number of carbonyl (C=O) groups excluding carboxylic acids is 1. The van der Waals surface area contributed by atoms with Gasteiger partial charge in [-0.05, 0) is 35.9 Å². The summed E-state index contributed by atoms with van der Waals surface area (Å²) in [6.45, 7) is 3.28. The van der Waals surface area contributed by atoms with Crippen molar-refractivity contribution < 1.29 is 9.53 Å². The molecule has 1 aromatic heterocycles. The third-order valence-corrected chi connectivity index (χ3v) is 4.48. The van der Waals surface area contributed by atoms with E-state index in [4.69, 9.17) is 16.3 Å². The minimum Gasteiger partial charge on any atom is -0.495 e. The number of nitrogens with one attached hydrogen (secondary N) is 1. The van der Waals surface area contributed by atoms with E-state index in [1.807, 2.05) is 35.2 Å². The van der Waals surface area contributed by atoms with Crippen molar-refractivity contribution in [3.05, 3.63) is 53.3 Å². The molecule has 1 fully saturated rings.